The molecule has 0 aromatic carbocycles. The standard InChI is InChI=1S/C40H77NO17/c1-2-3-4-5-6-7-8-9-10-11-40(45)58-35-34-56-33-32-55-31-30-54-29-28-53-27-26-52-25-24-51-23-22-50-21-20-49-19-18-48-17-16-47-15-14-46-13-12-41-38(42)36-57-37-39(43)44/h2-37H2,1H3,(H,41,42)(H,43,44). The summed E-state index contributed by atoms with van der Waals surface area (Å²) >= 11 is 0. The van der Waals surface area contributed by atoms with Crippen molar-refractivity contribution in [3.63, 3.8) is 0 Å². The van der Waals surface area contributed by atoms with Crippen molar-refractivity contribution >= 4 is 17.8 Å². The molecule has 18 heteroatoms. The van der Waals surface area contributed by atoms with E-state index in [4.69, 9.17) is 61.9 Å². The van der Waals surface area contributed by atoms with Crippen LogP contribution in [-0.4, -0.2) is 195 Å². The number of hydrogen-bond acceptors (Lipinski definition) is 16. The molecule has 0 aliphatic heterocycles. The van der Waals surface area contributed by atoms with Gasteiger partial charge in [-0.3, -0.25) is 9.59 Å². The minimum absolute atomic E-state index is 0.145. The minimum atomic E-state index is -1.13. The molecule has 0 aromatic rings. The van der Waals surface area contributed by atoms with Gasteiger partial charge in [-0.05, 0) is 6.42 Å². The van der Waals surface area contributed by atoms with Gasteiger partial charge in [-0.2, -0.15) is 0 Å². The lowest BCUT2D eigenvalue weighted by Gasteiger charge is -2.09. The number of esters is 1. The summed E-state index contributed by atoms with van der Waals surface area (Å²) in [6, 6.07) is 0. The van der Waals surface area contributed by atoms with Crippen LogP contribution in [0.5, 0.6) is 0 Å². The van der Waals surface area contributed by atoms with E-state index in [9.17, 15) is 14.4 Å². The van der Waals surface area contributed by atoms with E-state index in [1.807, 2.05) is 0 Å². The second-order valence-corrected chi connectivity index (χ2v) is 12.8. The zero-order chi connectivity index (χ0) is 42.1. The Morgan fingerprint density at radius 3 is 1.03 bits per heavy atom. The van der Waals surface area contributed by atoms with Crippen molar-refractivity contribution in [2.75, 3.05) is 172 Å². The molecule has 18 nitrogen and oxygen atoms in total. The fourth-order valence-corrected chi connectivity index (χ4v) is 4.71. The molecule has 0 saturated heterocycles. The fourth-order valence-electron chi connectivity index (χ4n) is 4.71. The van der Waals surface area contributed by atoms with Gasteiger partial charge < -0.3 is 72.0 Å². The normalized spacial score (nSPS) is 11.3. The number of hydrogen-bond donors (Lipinski definition) is 2. The summed E-state index contributed by atoms with van der Waals surface area (Å²) in [5.41, 5.74) is 0. The first-order valence-corrected chi connectivity index (χ1v) is 21.1. The largest absolute Gasteiger partial charge is 0.480 e. The number of ether oxygens (including phenoxy) is 13. The summed E-state index contributed by atoms with van der Waals surface area (Å²) in [6.45, 7) is 11.8. The van der Waals surface area contributed by atoms with Crippen LogP contribution in [0.3, 0.4) is 0 Å². The van der Waals surface area contributed by atoms with Crippen LogP contribution in [-0.2, 0) is 76.0 Å². The molecule has 0 aliphatic rings. The second kappa shape index (κ2) is 49.3. The molecule has 0 aliphatic carbocycles. The summed E-state index contributed by atoms with van der Waals surface area (Å²) in [5.74, 6) is -1.67. The zero-order valence-corrected chi connectivity index (χ0v) is 35.4. The Morgan fingerprint density at radius 1 is 0.379 bits per heavy atom. The lowest BCUT2D eigenvalue weighted by Crippen LogP contribution is -2.31. The highest BCUT2D eigenvalue weighted by atomic mass is 16.6. The maximum Gasteiger partial charge on any atom is 0.329 e. The van der Waals surface area contributed by atoms with Crippen LogP contribution in [0, 0.1) is 0 Å². The number of carbonyl (C=O) groups excluding carboxylic acids is 2. The fraction of sp³-hybridized carbons (Fsp3) is 0.925. The lowest BCUT2D eigenvalue weighted by molar-refractivity contribution is -0.146. The highest BCUT2D eigenvalue weighted by Gasteiger charge is 2.04. The molecular weight excluding hydrogens is 766 g/mol. The highest BCUT2D eigenvalue weighted by Crippen LogP contribution is 2.10. The average Bonchev–Trinajstić information content (AvgIpc) is 3.21. The summed E-state index contributed by atoms with van der Waals surface area (Å²) in [6.07, 6.45) is 11.5. The Hall–Kier alpha value is -2.07. The van der Waals surface area contributed by atoms with Gasteiger partial charge in [0.05, 0.1) is 145 Å². The van der Waals surface area contributed by atoms with Crippen LogP contribution >= 0.6 is 0 Å². The van der Waals surface area contributed by atoms with Crippen molar-refractivity contribution in [2.45, 2.75) is 71.1 Å². The first-order chi connectivity index (χ1) is 28.6. The van der Waals surface area contributed by atoms with Crippen LogP contribution < -0.4 is 5.32 Å². The number of nitrogens with one attached hydrogen (secondary N) is 1. The molecule has 0 aromatic heterocycles. The first-order valence-electron chi connectivity index (χ1n) is 21.1. The minimum Gasteiger partial charge on any atom is -0.480 e. The van der Waals surface area contributed by atoms with Crippen LogP contribution in [0.25, 0.3) is 0 Å². The smallest absolute Gasteiger partial charge is 0.329 e. The van der Waals surface area contributed by atoms with E-state index in [1.54, 1.807) is 0 Å². The molecule has 0 atom stereocenters. The molecule has 0 unspecified atom stereocenters. The molecule has 344 valence electrons. The number of amides is 1. The number of carbonyl (C=O) groups is 3. The van der Waals surface area contributed by atoms with E-state index < -0.39 is 18.5 Å². The molecule has 58 heavy (non-hydrogen) atoms. The van der Waals surface area contributed by atoms with Crippen LogP contribution in [0.4, 0.5) is 0 Å². The predicted octanol–water partition coefficient (Wildman–Crippen LogP) is 2.85. The van der Waals surface area contributed by atoms with Crippen molar-refractivity contribution in [2.24, 2.45) is 0 Å². The number of unbranched alkanes of at least 4 members (excludes halogenated alkanes) is 8. The molecule has 2 N–H and O–H groups in total. The third-order valence-corrected chi connectivity index (χ3v) is 7.72. The van der Waals surface area contributed by atoms with Crippen molar-refractivity contribution in [3.8, 4) is 0 Å². The van der Waals surface area contributed by atoms with Gasteiger partial charge in [-0.15, -0.1) is 0 Å². The SMILES string of the molecule is CCCCCCCCCCCC(=O)OCCOCCOCCOCCOCCOCCOCCOCCOCCOCCOCCOCCNC(=O)COCC(=O)O. The van der Waals surface area contributed by atoms with E-state index >= 15 is 0 Å². The second-order valence-electron chi connectivity index (χ2n) is 12.8. The third kappa shape index (κ3) is 50.1. The predicted molar refractivity (Wildman–Crippen MR) is 213 cm³/mol. The van der Waals surface area contributed by atoms with Crippen molar-refractivity contribution in [3.05, 3.63) is 0 Å². The van der Waals surface area contributed by atoms with Gasteiger partial charge in [0.25, 0.3) is 0 Å². The molecule has 0 fully saturated rings. The molecule has 0 spiro atoms. The molecular formula is C40H77NO17. The highest BCUT2D eigenvalue weighted by molar-refractivity contribution is 5.77. The van der Waals surface area contributed by atoms with Gasteiger partial charge in [0.2, 0.25) is 5.91 Å². The number of rotatable bonds is 50. The van der Waals surface area contributed by atoms with E-state index in [0.29, 0.717) is 158 Å². The van der Waals surface area contributed by atoms with Crippen molar-refractivity contribution in [1.29, 1.82) is 0 Å². The Balaban J connectivity index is 3.13. The van der Waals surface area contributed by atoms with E-state index in [0.717, 1.165) is 12.8 Å². The van der Waals surface area contributed by atoms with Gasteiger partial charge in [0.15, 0.2) is 0 Å². The zero-order valence-electron chi connectivity index (χ0n) is 35.4. The Bertz CT molecular complexity index is 873. The summed E-state index contributed by atoms with van der Waals surface area (Å²) in [7, 11) is 0. The van der Waals surface area contributed by atoms with E-state index in [2.05, 4.69) is 17.0 Å². The summed E-state index contributed by atoms with van der Waals surface area (Å²) in [4.78, 5) is 33.5. The Kier molecular flexibility index (Phi) is 47.5. The Morgan fingerprint density at radius 2 is 0.690 bits per heavy atom. The van der Waals surface area contributed by atoms with Gasteiger partial charge in [-0.1, -0.05) is 58.3 Å². The van der Waals surface area contributed by atoms with Gasteiger partial charge in [-0.25, -0.2) is 4.79 Å². The Labute approximate surface area is 346 Å². The van der Waals surface area contributed by atoms with Crippen LogP contribution in [0.2, 0.25) is 0 Å². The molecule has 0 heterocycles. The molecule has 0 radical (unpaired) electrons. The lowest BCUT2D eigenvalue weighted by atomic mass is 10.1. The maximum atomic E-state index is 11.8. The summed E-state index contributed by atoms with van der Waals surface area (Å²) in [5, 5.41) is 11.0. The van der Waals surface area contributed by atoms with Crippen LogP contribution in [0.15, 0.2) is 0 Å². The van der Waals surface area contributed by atoms with Gasteiger partial charge in [0.1, 0.15) is 19.8 Å². The van der Waals surface area contributed by atoms with Crippen LogP contribution in [0.1, 0.15) is 71.1 Å². The number of carboxylic acid groups (broad SMARTS) is 1. The molecule has 0 saturated carbocycles. The third-order valence-electron chi connectivity index (χ3n) is 7.72. The van der Waals surface area contributed by atoms with Gasteiger partial charge in [0, 0.05) is 13.0 Å². The van der Waals surface area contributed by atoms with E-state index in [1.165, 1.54) is 44.9 Å². The topological polar surface area (TPSA) is 203 Å². The monoisotopic (exact) mass is 844 g/mol. The maximum absolute atomic E-state index is 11.8. The first kappa shape index (κ1) is 55.9. The van der Waals surface area contributed by atoms with Crippen molar-refractivity contribution in [1.82, 2.24) is 5.32 Å². The van der Waals surface area contributed by atoms with E-state index in [-0.39, 0.29) is 19.2 Å². The number of carboxylic acids is 1. The van der Waals surface area contributed by atoms with Crippen molar-refractivity contribution < 1.29 is 81.1 Å². The van der Waals surface area contributed by atoms with Gasteiger partial charge >= 0.3 is 11.9 Å². The average molecular weight is 844 g/mol. The summed E-state index contributed by atoms with van der Waals surface area (Å²) < 4.78 is 69.9. The molecule has 1 amide bonds. The molecule has 0 rings (SSSR count). The quantitative estimate of drug-likeness (QED) is 0.0668. The molecule has 0 bridgehead atoms. The number of aliphatic carboxylic acids is 1.